The molecular weight excluding hydrogens is 337 g/mol. The fraction of sp³-hybridized carbons (Fsp3) is 0.533. The minimum absolute atomic E-state index is 0.180. The highest BCUT2D eigenvalue weighted by atomic mass is 79.9. The van der Waals surface area contributed by atoms with Crippen molar-refractivity contribution in [1.82, 2.24) is 14.9 Å². The molecule has 114 valence electrons. The van der Waals surface area contributed by atoms with Crippen molar-refractivity contribution in [3.63, 3.8) is 0 Å². The Labute approximate surface area is 131 Å². The molecule has 21 heavy (non-hydrogen) atoms. The van der Waals surface area contributed by atoms with Gasteiger partial charge in [-0.15, -0.1) is 0 Å². The fourth-order valence-electron chi connectivity index (χ4n) is 2.96. The van der Waals surface area contributed by atoms with E-state index in [1.54, 1.807) is 12.4 Å². The molecule has 0 radical (unpaired) electrons. The first kappa shape index (κ1) is 14.9. The van der Waals surface area contributed by atoms with Crippen molar-refractivity contribution in [2.24, 2.45) is 0 Å². The van der Waals surface area contributed by atoms with Gasteiger partial charge in [0.25, 0.3) is 0 Å². The maximum atomic E-state index is 13.9. The van der Waals surface area contributed by atoms with Gasteiger partial charge in [0.2, 0.25) is 0 Å². The lowest BCUT2D eigenvalue weighted by atomic mass is 9.97. The lowest BCUT2D eigenvalue weighted by Crippen LogP contribution is -2.44. The standard InChI is InChI=1S/C15H19BrFN3O/c16-10-5-6-12-15(14(10)17)19-9-20(12)8-2-3-11-13(21)4-1-7-18-11/h5-6,9,11,13,18,21H,1-4,7-8H2/t11-,13+/m1/s1. The summed E-state index contributed by atoms with van der Waals surface area (Å²) in [4.78, 5) is 4.15. The Morgan fingerprint density at radius 3 is 3.14 bits per heavy atom. The Balaban J connectivity index is 1.64. The Bertz CT molecular complexity index is 631. The molecule has 1 saturated heterocycles. The van der Waals surface area contributed by atoms with Crippen LogP contribution in [0.15, 0.2) is 22.9 Å². The lowest BCUT2D eigenvalue weighted by Gasteiger charge is -2.29. The van der Waals surface area contributed by atoms with Crippen molar-refractivity contribution in [2.75, 3.05) is 6.54 Å². The minimum Gasteiger partial charge on any atom is -0.392 e. The molecule has 1 aromatic heterocycles. The lowest BCUT2D eigenvalue weighted by molar-refractivity contribution is 0.0909. The molecule has 1 aromatic carbocycles. The van der Waals surface area contributed by atoms with Gasteiger partial charge in [0, 0.05) is 12.6 Å². The van der Waals surface area contributed by atoms with Crippen molar-refractivity contribution < 1.29 is 9.50 Å². The number of aliphatic hydroxyl groups is 1. The summed E-state index contributed by atoms with van der Waals surface area (Å²) in [5.41, 5.74) is 1.22. The Morgan fingerprint density at radius 2 is 2.33 bits per heavy atom. The number of fused-ring (bicyclic) bond motifs is 1. The van der Waals surface area contributed by atoms with Crippen LogP contribution in [0.2, 0.25) is 0 Å². The van der Waals surface area contributed by atoms with Gasteiger partial charge < -0.3 is 15.0 Å². The molecule has 0 spiro atoms. The van der Waals surface area contributed by atoms with Gasteiger partial charge >= 0.3 is 0 Å². The van der Waals surface area contributed by atoms with E-state index in [0.29, 0.717) is 9.99 Å². The summed E-state index contributed by atoms with van der Waals surface area (Å²) in [5, 5.41) is 13.3. The smallest absolute Gasteiger partial charge is 0.165 e. The average molecular weight is 356 g/mol. The SMILES string of the molecule is O[C@H]1CCCN[C@@H]1CCCn1cnc2c(F)c(Br)ccc21. The highest BCUT2D eigenvalue weighted by molar-refractivity contribution is 9.10. The molecular formula is C15H19BrFN3O. The highest BCUT2D eigenvalue weighted by Crippen LogP contribution is 2.24. The third kappa shape index (κ3) is 3.12. The number of nitrogens with zero attached hydrogens (tertiary/aromatic N) is 2. The predicted molar refractivity (Wildman–Crippen MR) is 83.7 cm³/mol. The number of aryl methyl sites for hydroxylation is 1. The van der Waals surface area contributed by atoms with Crippen LogP contribution in [0, 0.1) is 5.82 Å². The number of aromatic nitrogens is 2. The van der Waals surface area contributed by atoms with Gasteiger partial charge in [0.1, 0.15) is 5.52 Å². The average Bonchev–Trinajstić information content (AvgIpc) is 2.89. The molecule has 2 atom stereocenters. The van der Waals surface area contributed by atoms with Crippen LogP contribution < -0.4 is 5.32 Å². The molecule has 0 unspecified atom stereocenters. The van der Waals surface area contributed by atoms with Crippen LogP contribution in [0.3, 0.4) is 0 Å². The van der Waals surface area contributed by atoms with Gasteiger partial charge in [0.05, 0.1) is 22.4 Å². The molecule has 0 saturated carbocycles. The fourth-order valence-corrected chi connectivity index (χ4v) is 3.28. The minimum atomic E-state index is -0.310. The molecule has 0 amide bonds. The Kier molecular flexibility index (Phi) is 4.57. The first-order valence-electron chi connectivity index (χ1n) is 7.37. The highest BCUT2D eigenvalue weighted by Gasteiger charge is 2.21. The Hall–Kier alpha value is -0.980. The van der Waals surface area contributed by atoms with Crippen molar-refractivity contribution >= 4 is 27.0 Å². The second kappa shape index (κ2) is 6.42. The number of aliphatic hydroxyl groups excluding tert-OH is 1. The third-order valence-electron chi connectivity index (χ3n) is 4.15. The first-order chi connectivity index (χ1) is 10.2. The van der Waals surface area contributed by atoms with Gasteiger partial charge in [0.15, 0.2) is 5.82 Å². The van der Waals surface area contributed by atoms with Gasteiger partial charge in [-0.05, 0) is 60.3 Å². The van der Waals surface area contributed by atoms with E-state index in [0.717, 1.165) is 44.3 Å². The number of nitrogens with one attached hydrogen (secondary N) is 1. The molecule has 2 N–H and O–H groups in total. The molecule has 2 aromatic rings. The van der Waals surface area contributed by atoms with Crippen molar-refractivity contribution in [2.45, 2.75) is 44.4 Å². The molecule has 0 bridgehead atoms. The van der Waals surface area contributed by atoms with Crippen LogP contribution >= 0.6 is 15.9 Å². The molecule has 6 heteroatoms. The van der Waals surface area contributed by atoms with Crippen LogP contribution in [0.5, 0.6) is 0 Å². The second-order valence-corrected chi connectivity index (χ2v) is 6.43. The second-order valence-electron chi connectivity index (χ2n) is 5.58. The number of imidazole rings is 1. The summed E-state index contributed by atoms with van der Waals surface area (Å²) < 4.78 is 16.3. The zero-order valence-electron chi connectivity index (χ0n) is 11.7. The zero-order chi connectivity index (χ0) is 14.8. The van der Waals surface area contributed by atoms with Crippen LogP contribution in [0.25, 0.3) is 11.0 Å². The van der Waals surface area contributed by atoms with Crippen molar-refractivity contribution in [1.29, 1.82) is 0 Å². The van der Waals surface area contributed by atoms with Gasteiger partial charge in [-0.3, -0.25) is 0 Å². The number of hydrogen-bond acceptors (Lipinski definition) is 3. The van der Waals surface area contributed by atoms with Gasteiger partial charge in [-0.25, -0.2) is 9.37 Å². The molecule has 1 aliphatic rings. The molecule has 1 aliphatic heterocycles. The van der Waals surface area contributed by atoms with E-state index in [2.05, 4.69) is 26.2 Å². The first-order valence-corrected chi connectivity index (χ1v) is 8.16. The van der Waals surface area contributed by atoms with E-state index in [9.17, 15) is 9.50 Å². The monoisotopic (exact) mass is 355 g/mol. The van der Waals surface area contributed by atoms with Crippen LogP contribution in [-0.4, -0.2) is 33.3 Å². The summed E-state index contributed by atoms with van der Waals surface area (Å²) in [5.74, 6) is -0.310. The van der Waals surface area contributed by atoms with E-state index in [4.69, 9.17) is 0 Å². The number of benzene rings is 1. The van der Waals surface area contributed by atoms with E-state index in [-0.39, 0.29) is 18.0 Å². The van der Waals surface area contributed by atoms with E-state index in [1.807, 2.05) is 10.6 Å². The van der Waals surface area contributed by atoms with E-state index < -0.39 is 0 Å². The summed E-state index contributed by atoms with van der Waals surface area (Å²) in [6.45, 7) is 1.76. The maximum Gasteiger partial charge on any atom is 0.165 e. The quantitative estimate of drug-likeness (QED) is 0.886. The largest absolute Gasteiger partial charge is 0.392 e. The van der Waals surface area contributed by atoms with Crippen molar-refractivity contribution in [3.05, 3.63) is 28.7 Å². The molecule has 3 rings (SSSR count). The third-order valence-corrected chi connectivity index (χ3v) is 4.76. The van der Waals surface area contributed by atoms with E-state index >= 15 is 0 Å². The molecule has 2 heterocycles. The number of piperidine rings is 1. The maximum absolute atomic E-state index is 13.9. The summed E-state index contributed by atoms with van der Waals surface area (Å²) in [6.07, 6.45) is 5.21. The van der Waals surface area contributed by atoms with Crippen molar-refractivity contribution in [3.8, 4) is 0 Å². The molecule has 1 fully saturated rings. The summed E-state index contributed by atoms with van der Waals surface area (Å²) in [7, 11) is 0. The zero-order valence-corrected chi connectivity index (χ0v) is 13.3. The predicted octanol–water partition coefficient (Wildman–Crippen LogP) is 2.83. The Morgan fingerprint density at radius 1 is 1.48 bits per heavy atom. The van der Waals surface area contributed by atoms with E-state index in [1.165, 1.54) is 0 Å². The topological polar surface area (TPSA) is 50.1 Å². The molecule has 4 nitrogen and oxygen atoms in total. The van der Waals surface area contributed by atoms with Gasteiger partial charge in [-0.1, -0.05) is 0 Å². The number of rotatable bonds is 4. The van der Waals surface area contributed by atoms with Crippen LogP contribution in [0.1, 0.15) is 25.7 Å². The number of halogens is 2. The van der Waals surface area contributed by atoms with Crippen LogP contribution in [0.4, 0.5) is 4.39 Å². The summed E-state index contributed by atoms with van der Waals surface area (Å²) in [6, 6.07) is 3.77. The van der Waals surface area contributed by atoms with Crippen LogP contribution in [-0.2, 0) is 6.54 Å². The summed E-state index contributed by atoms with van der Waals surface area (Å²) >= 11 is 3.18. The van der Waals surface area contributed by atoms with Gasteiger partial charge in [-0.2, -0.15) is 0 Å². The number of hydrogen-bond donors (Lipinski definition) is 2. The molecule has 0 aliphatic carbocycles. The normalized spacial score (nSPS) is 22.8.